The highest BCUT2D eigenvalue weighted by Crippen LogP contribution is 2.59. The smallest absolute Gasteiger partial charge is 0.240 e. The molecule has 0 unspecified atom stereocenters. The quantitative estimate of drug-likeness (QED) is 0.872. The third kappa shape index (κ3) is 2.33. The molecule has 2 aliphatic rings. The predicted molar refractivity (Wildman–Crippen MR) is 101 cm³/mol. The average Bonchev–Trinajstić information content (AvgIpc) is 3.00. The van der Waals surface area contributed by atoms with Crippen LogP contribution in [0.1, 0.15) is 28.7 Å². The number of carbonyl (C=O) groups excluding carboxylic acids is 1. The van der Waals surface area contributed by atoms with E-state index in [9.17, 15) is 15.3 Å². The minimum absolute atomic E-state index is 0.537. The van der Waals surface area contributed by atoms with Crippen molar-refractivity contribution in [3.63, 3.8) is 0 Å². The van der Waals surface area contributed by atoms with Gasteiger partial charge in [0.1, 0.15) is 6.04 Å². The van der Waals surface area contributed by atoms with Gasteiger partial charge in [0.15, 0.2) is 5.41 Å². The Morgan fingerprint density at radius 2 is 1.78 bits per heavy atom. The van der Waals surface area contributed by atoms with Gasteiger partial charge in [-0.1, -0.05) is 48.0 Å². The number of benzene rings is 2. The molecule has 2 aliphatic heterocycles. The molecule has 3 atom stereocenters. The van der Waals surface area contributed by atoms with Crippen molar-refractivity contribution in [3.8, 4) is 12.1 Å². The van der Waals surface area contributed by atoms with Crippen LogP contribution in [0.15, 0.2) is 54.7 Å². The SMILES string of the molecule is N#CC1(C#N)[C@H](c2ccc(Cl)cc2)[C@@H](C(N)=O)N2C=Cc3ccccc3[C@H]21. The first-order valence-corrected chi connectivity index (χ1v) is 8.83. The minimum atomic E-state index is -1.48. The molecule has 2 aromatic carbocycles. The van der Waals surface area contributed by atoms with Gasteiger partial charge in [0, 0.05) is 17.1 Å². The molecule has 0 aliphatic carbocycles. The first-order valence-electron chi connectivity index (χ1n) is 8.45. The van der Waals surface area contributed by atoms with Crippen LogP contribution in [-0.2, 0) is 4.79 Å². The molecular formula is C21H15ClN4O. The number of nitrogens with two attached hydrogens (primary N) is 1. The molecule has 2 aromatic rings. The van der Waals surface area contributed by atoms with Gasteiger partial charge in [-0.2, -0.15) is 10.5 Å². The molecule has 1 saturated heterocycles. The number of amides is 1. The molecule has 5 nitrogen and oxygen atoms in total. The number of nitriles is 2. The summed E-state index contributed by atoms with van der Waals surface area (Å²) in [5, 5.41) is 20.9. The molecular weight excluding hydrogens is 360 g/mol. The Hall–Kier alpha value is -3.28. The maximum atomic E-state index is 12.4. The molecule has 2 N–H and O–H groups in total. The van der Waals surface area contributed by atoms with Crippen molar-refractivity contribution in [1.29, 1.82) is 10.5 Å². The second-order valence-corrected chi connectivity index (χ2v) is 7.20. The Morgan fingerprint density at radius 1 is 1.11 bits per heavy atom. The van der Waals surface area contributed by atoms with Crippen molar-refractivity contribution < 1.29 is 4.79 Å². The van der Waals surface area contributed by atoms with E-state index in [1.807, 2.05) is 30.3 Å². The lowest BCUT2D eigenvalue weighted by Gasteiger charge is -2.34. The van der Waals surface area contributed by atoms with Crippen molar-refractivity contribution in [2.24, 2.45) is 11.1 Å². The number of hydrogen-bond donors (Lipinski definition) is 1. The van der Waals surface area contributed by atoms with Crippen molar-refractivity contribution in [2.75, 3.05) is 0 Å². The Morgan fingerprint density at radius 3 is 2.41 bits per heavy atom. The van der Waals surface area contributed by atoms with E-state index < -0.39 is 29.3 Å². The molecule has 4 rings (SSSR count). The average molecular weight is 375 g/mol. The fraction of sp³-hybridized carbons (Fsp3) is 0.190. The Kier molecular flexibility index (Phi) is 3.91. The zero-order chi connectivity index (χ0) is 19.2. The van der Waals surface area contributed by atoms with Crippen LogP contribution in [0, 0.1) is 28.1 Å². The molecule has 6 heteroatoms. The zero-order valence-electron chi connectivity index (χ0n) is 14.2. The highest BCUT2D eigenvalue weighted by Gasteiger charge is 2.63. The summed E-state index contributed by atoms with van der Waals surface area (Å²) in [6, 6.07) is 17.5. The van der Waals surface area contributed by atoms with E-state index in [1.54, 1.807) is 35.4 Å². The molecule has 27 heavy (non-hydrogen) atoms. The van der Waals surface area contributed by atoms with Crippen LogP contribution in [0.3, 0.4) is 0 Å². The number of rotatable bonds is 2. The van der Waals surface area contributed by atoms with Crippen molar-refractivity contribution >= 4 is 23.6 Å². The van der Waals surface area contributed by atoms with Gasteiger partial charge >= 0.3 is 0 Å². The lowest BCUT2D eigenvalue weighted by molar-refractivity contribution is -0.122. The predicted octanol–water partition coefficient (Wildman–Crippen LogP) is 3.35. The van der Waals surface area contributed by atoms with Crippen molar-refractivity contribution in [3.05, 3.63) is 76.4 Å². The molecule has 132 valence electrons. The van der Waals surface area contributed by atoms with E-state index in [0.717, 1.165) is 11.1 Å². The molecule has 0 spiro atoms. The van der Waals surface area contributed by atoms with Crippen LogP contribution in [0.4, 0.5) is 0 Å². The van der Waals surface area contributed by atoms with Crippen molar-refractivity contribution in [2.45, 2.75) is 18.0 Å². The van der Waals surface area contributed by atoms with Crippen LogP contribution < -0.4 is 5.73 Å². The fourth-order valence-electron chi connectivity index (χ4n) is 4.36. The third-order valence-corrected chi connectivity index (χ3v) is 5.72. The summed E-state index contributed by atoms with van der Waals surface area (Å²) in [6.07, 6.45) is 3.65. The maximum absolute atomic E-state index is 12.4. The van der Waals surface area contributed by atoms with Gasteiger partial charge < -0.3 is 10.6 Å². The van der Waals surface area contributed by atoms with E-state index >= 15 is 0 Å². The van der Waals surface area contributed by atoms with Crippen LogP contribution in [-0.4, -0.2) is 16.8 Å². The van der Waals surface area contributed by atoms with Gasteiger partial charge in [-0.3, -0.25) is 4.79 Å². The molecule has 2 heterocycles. The van der Waals surface area contributed by atoms with Gasteiger partial charge in [-0.05, 0) is 34.9 Å². The lowest BCUT2D eigenvalue weighted by Crippen LogP contribution is -2.41. The number of primary amides is 1. The normalized spacial score (nSPS) is 24.4. The first-order chi connectivity index (χ1) is 13.0. The number of hydrogen-bond acceptors (Lipinski definition) is 4. The monoisotopic (exact) mass is 374 g/mol. The summed E-state index contributed by atoms with van der Waals surface area (Å²) in [6.45, 7) is 0. The van der Waals surface area contributed by atoms with E-state index in [2.05, 4.69) is 12.1 Å². The topological polar surface area (TPSA) is 93.9 Å². The fourth-order valence-corrected chi connectivity index (χ4v) is 4.49. The largest absolute Gasteiger partial charge is 0.368 e. The van der Waals surface area contributed by atoms with Crippen LogP contribution in [0.2, 0.25) is 5.02 Å². The summed E-state index contributed by atoms with van der Waals surface area (Å²) >= 11 is 6.00. The Bertz CT molecular complexity index is 1020. The third-order valence-electron chi connectivity index (χ3n) is 5.46. The number of halogens is 1. The van der Waals surface area contributed by atoms with Crippen LogP contribution in [0.5, 0.6) is 0 Å². The van der Waals surface area contributed by atoms with E-state index in [-0.39, 0.29) is 0 Å². The standard InChI is InChI=1S/C21H15ClN4O/c22-15-7-5-14(6-8-15)17-18(20(25)27)26-10-9-13-3-1-2-4-16(13)19(26)21(17,11-23)12-24/h1-10,17-19H,(H2,25,27)/t17-,18+,19+/m1/s1. The number of nitrogens with zero attached hydrogens (tertiary/aromatic N) is 3. The maximum Gasteiger partial charge on any atom is 0.240 e. The zero-order valence-corrected chi connectivity index (χ0v) is 15.0. The summed E-state index contributed by atoms with van der Waals surface area (Å²) in [5.41, 5.74) is 6.73. The molecule has 0 saturated carbocycles. The van der Waals surface area contributed by atoms with Gasteiger partial charge in [0.05, 0.1) is 18.2 Å². The number of carbonyl (C=O) groups is 1. The Labute approximate surface area is 161 Å². The minimum Gasteiger partial charge on any atom is -0.368 e. The van der Waals surface area contributed by atoms with Crippen LogP contribution in [0.25, 0.3) is 6.08 Å². The molecule has 0 aromatic heterocycles. The Balaban J connectivity index is 2.00. The summed E-state index contributed by atoms with van der Waals surface area (Å²) in [5.74, 6) is -1.28. The van der Waals surface area contributed by atoms with Crippen LogP contribution >= 0.6 is 11.6 Å². The summed E-state index contributed by atoms with van der Waals surface area (Å²) in [7, 11) is 0. The molecule has 0 bridgehead atoms. The molecule has 0 radical (unpaired) electrons. The summed E-state index contributed by atoms with van der Waals surface area (Å²) in [4.78, 5) is 14.2. The highest BCUT2D eigenvalue weighted by molar-refractivity contribution is 6.30. The van der Waals surface area contributed by atoms with Gasteiger partial charge in [-0.15, -0.1) is 0 Å². The van der Waals surface area contributed by atoms with Gasteiger partial charge in [-0.25, -0.2) is 0 Å². The summed E-state index contributed by atoms with van der Waals surface area (Å²) < 4.78 is 0. The van der Waals surface area contributed by atoms with E-state index in [4.69, 9.17) is 17.3 Å². The molecule has 1 amide bonds. The van der Waals surface area contributed by atoms with Gasteiger partial charge in [0.25, 0.3) is 0 Å². The van der Waals surface area contributed by atoms with Gasteiger partial charge in [0.2, 0.25) is 5.91 Å². The highest BCUT2D eigenvalue weighted by atomic mass is 35.5. The molecule has 1 fully saturated rings. The second-order valence-electron chi connectivity index (χ2n) is 6.76. The van der Waals surface area contributed by atoms with Crippen molar-refractivity contribution in [1.82, 2.24) is 4.90 Å². The second kappa shape index (κ2) is 6.16. The van der Waals surface area contributed by atoms with E-state index in [0.29, 0.717) is 10.6 Å². The van der Waals surface area contributed by atoms with E-state index in [1.165, 1.54) is 0 Å². The number of fused-ring (bicyclic) bond motifs is 3. The first kappa shape index (κ1) is 17.1. The lowest BCUT2D eigenvalue weighted by atomic mass is 9.68.